The van der Waals surface area contributed by atoms with E-state index in [1.807, 2.05) is 0 Å². The molecule has 9 heteroatoms. The van der Waals surface area contributed by atoms with Gasteiger partial charge >= 0.3 is 0 Å². The van der Waals surface area contributed by atoms with E-state index in [4.69, 9.17) is 11.6 Å². The molecule has 27 heavy (non-hydrogen) atoms. The van der Waals surface area contributed by atoms with Crippen LogP contribution in [-0.2, 0) is 0 Å². The zero-order valence-electron chi connectivity index (χ0n) is 15.1. The standard InChI is InChI=1S/C18H24ClN5O3/c1-2-10(8-3-4-8)21-15-11-16(23-17(19)22-15)24(7-20-11)12-9-5-18(9,6-25)14(27)13(12)26/h7-10,12-14,25-27H,2-6H2,1H3,(H,21,22,23)/t9-,10-,12-,13+,14+,18+/m1/s1. The van der Waals surface area contributed by atoms with Gasteiger partial charge in [0.15, 0.2) is 17.0 Å². The summed E-state index contributed by atoms with van der Waals surface area (Å²) in [6.45, 7) is 2.01. The molecule has 146 valence electrons. The van der Waals surface area contributed by atoms with Gasteiger partial charge in [0.2, 0.25) is 5.28 Å². The summed E-state index contributed by atoms with van der Waals surface area (Å²) in [5, 5.41) is 34.3. The van der Waals surface area contributed by atoms with Gasteiger partial charge in [0.1, 0.15) is 6.10 Å². The Bertz CT molecular complexity index is 887. The van der Waals surface area contributed by atoms with Crippen molar-refractivity contribution in [3.63, 3.8) is 0 Å². The third kappa shape index (κ3) is 2.50. The zero-order chi connectivity index (χ0) is 18.9. The molecular weight excluding hydrogens is 370 g/mol. The first-order chi connectivity index (χ1) is 13.0. The predicted molar refractivity (Wildman–Crippen MR) is 99.4 cm³/mol. The van der Waals surface area contributed by atoms with Gasteiger partial charge in [0.25, 0.3) is 0 Å². The highest BCUT2D eigenvalue weighted by Crippen LogP contribution is 2.67. The molecule has 0 aromatic carbocycles. The molecule has 2 aromatic rings. The number of halogens is 1. The van der Waals surface area contributed by atoms with Gasteiger partial charge in [-0.05, 0) is 49.1 Å². The molecule has 0 saturated heterocycles. The monoisotopic (exact) mass is 393 g/mol. The summed E-state index contributed by atoms with van der Waals surface area (Å²) in [7, 11) is 0. The number of hydrogen-bond acceptors (Lipinski definition) is 7. The molecule has 0 unspecified atom stereocenters. The molecule has 0 spiro atoms. The van der Waals surface area contributed by atoms with E-state index in [-0.39, 0.29) is 23.9 Å². The van der Waals surface area contributed by atoms with E-state index in [0.717, 1.165) is 6.42 Å². The van der Waals surface area contributed by atoms with Gasteiger partial charge in [0, 0.05) is 11.5 Å². The highest BCUT2D eigenvalue weighted by Gasteiger charge is 2.71. The minimum Gasteiger partial charge on any atom is -0.396 e. The van der Waals surface area contributed by atoms with E-state index in [2.05, 4.69) is 27.2 Å². The average molecular weight is 394 g/mol. The van der Waals surface area contributed by atoms with Crippen LogP contribution in [0.5, 0.6) is 0 Å². The van der Waals surface area contributed by atoms with E-state index >= 15 is 0 Å². The number of nitrogens with zero attached hydrogens (tertiary/aromatic N) is 4. The molecule has 5 rings (SSSR count). The summed E-state index contributed by atoms with van der Waals surface area (Å²) in [5.74, 6) is 1.26. The molecule has 2 aromatic heterocycles. The third-order valence-corrected chi connectivity index (χ3v) is 6.98. The summed E-state index contributed by atoms with van der Waals surface area (Å²) >= 11 is 6.19. The smallest absolute Gasteiger partial charge is 0.226 e. The number of aliphatic hydroxyl groups excluding tert-OH is 3. The maximum Gasteiger partial charge on any atom is 0.226 e. The van der Waals surface area contributed by atoms with Crippen molar-refractivity contribution in [3.05, 3.63) is 11.6 Å². The Morgan fingerprint density at radius 1 is 1.37 bits per heavy atom. The number of anilines is 1. The van der Waals surface area contributed by atoms with Crippen LogP contribution < -0.4 is 5.32 Å². The minimum atomic E-state index is -0.978. The number of hydrogen-bond donors (Lipinski definition) is 4. The van der Waals surface area contributed by atoms with E-state index in [1.54, 1.807) is 10.9 Å². The van der Waals surface area contributed by atoms with Crippen molar-refractivity contribution in [1.82, 2.24) is 19.5 Å². The number of imidazole rings is 1. The predicted octanol–water partition coefficient (Wildman–Crippen LogP) is 1.36. The molecule has 0 bridgehead atoms. The molecule has 3 aliphatic rings. The lowest BCUT2D eigenvalue weighted by Gasteiger charge is -2.23. The number of nitrogens with one attached hydrogen (secondary N) is 1. The number of rotatable bonds is 6. The van der Waals surface area contributed by atoms with Gasteiger partial charge in [-0.25, -0.2) is 4.98 Å². The van der Waals surface area contributed by atoms with E-state index < -0.39 is 17.6 Å². The second-order valence-corrected chi connectivity index (χ2v) is 8.63. The highest BCUT2D eigenvalue weighted by atomic mass is 35.5. The molecule has 0 amide bonds. The van der Waals surface area contributed by atoms with Crippen LogP contribution in [-0.4, -0.2) is 59.7 Å². The first-order valence-electron chi connectivity index (χ1n) is 9.63. The van der Waals surface area contributed by atoms with Crippen molar-refractivity contribution < 1.29 is 15.3 Å². The SMILES string of the molecule is CC[C@@H](Nc1nc(Cl)nc2c1ncn2[C@H]1[C@H](O)[C@H](O)[C@]2(CO)C[C@H]12)C1CC1. The summed E-state index contributed by atoms with van der Waals surface area (Å²) in [6, 6.07) is -0.0601. The van der Waals surface area contributed by atoms with Crippen LogP contribution in [0, 0.1) is 17.3 Å². The van der Waals surface area contributed by atoms with Gasteiger partial charge in [-0.3, -0.25) is 0 Å². The van der Waals surface area contributed by atoms with E-state index in [9.17, 15) is 15.3 Å². The van der Waals surface area contributed by atoms with Crippen LogP contribution >= 0.6 is 11.6 Å². The van der Waals surface area contributed by atoms with Crippen LogP contribution in [0.2, 0.25) is 5.28 Å². The summed E-state index contributed by atoms with van der Waals surface area (Å²) in [5.41, 5.74) is 0.542. The largest absolute Gasteiger partial charge is 0.396 e. The fourth-order valence-electron chi connectivity index (χ4n) is 4.99. The lowest BCUT2D eigenvalue weighted by atomic mass is 10.0. The Balaban J connectivity index is 1.54. The molecule has 8 nitrogen and oxygen atoms in total. The lowest BCUT2D eigenvalue weighted by Crippen LogP contribution is -2.35. The van der Waals surface area contributed by atoms with Crippen LogP contribution in [0.15, 0.2) is 6.33 Å². The van der Waals surface area contributed by atoms with Crippen molar-refractivity contribution in [3.8, 4) is 0 Å². The Hall–Kier alpha value is -1.48. The number of aromatic nitrogens is 4. The second kappa shape index (κ2) is 6.01. The third-order valence-electron chi connectivity index (χ3n) is 6.82. The van der Waals surface area contributed by atoms with Crippen molar-refractivity contribution in [1.29, 1.82) is 0 Å². The Morgan fingerprint density at radius 2 is 2.15 bits per heavy atom. The molecule has 4 N–H and O–H groups in total. The maximum absolute atomic E-state index is 10.6. The minimum absolute atomic E-state index is 0.00935. The lowest BCUT2D eigenvalue weighted by molar-refractivity contribution is -0.0300. The summed E-state index contributed by atoms with van der Waals surface area (Å²) in [4.78, 5) is 13.2. The van der Waals surface area contributed by atoms with Crippen LogP contribution in [0.1, 0.15) is 38.6 Å². The first-order valence-corrected chi connectivity index (χ1v) is 10.0. The molecule has 6 atom stereocenters. The quantitative estimate of drug-likeness (QED) is 0.547. The molecular formula is C18H24ClN5O3. The summed E-state index contributed by atoms with van der Waals surface area (Å²) < 4.78 is 1.79. The molecule has 2 heterocycles. The Morgan fingerprint density at radius 3 is 2.78 bits per heavy atom. The Kier molecular flexibility index (Phi) is 3.92. The molecule has 0 radical (unpaired) electrons. The van der Waals surface area contributed by atoms with Crippen molar-refractivity contribution >= 4 is 28.6 Å². The van der Waals surface area contributed by atoms with Crippen molar-refractivity contribution in [2.45, 2.75) is 56.9 Å². The second-order valence-electron chi connectivity index (χ2n) is 8.29. The molecule has 3 aliphatic carbocycles. The van der Waals surface area contributed by atoms with Crippen molar-refractivity contribution in [2.24, 2.45) is 17.3 Å². The van der Waals surface area contributed by atoms with Gasteiger partial charge in [0.05, 0.1) is 25.1 Å². The van der Waals surface area contributed by atoms with E-state index in [1.165, 1.54) is 12.8 Å². The fourth-order valence-corrected chi connectivity index (χ4v) is 5.15. The number of aliphatic hydroxyl groups is 3. The van der Waals surface area contributed by atoms with E-state index in [0.29, 0.717) is 35.4 Å². The van der Waals surface area contributed by atoms with Gasteiger partial charge in [-0.2, -0.15) is 9.97 Å². The van der Waals surface area contributed by atoms with Gasteiger partial charge < -0.3 is 25.2 Å². The van der Waals surface area contributed by atoms with Crippen LogP contribution in [0.25, 0.3) is 11.2 Å². The first kappa shape index (κ1) is 17.6. The van der Waals surface area contributed by atoms with Gasteiger partial charge in [-0.15, -0.1) is 0 Å². The molecule has 3 fully saturated rings. The Labute approximate surface area is 161 Å². The van der Waals surface area contributed by atoms with Gasteiger partial charge in [-0.1, -0.05) is 6.92 Å². The van der Waals surface area contributed by atoms with Crippen LogP contribution in [0.4, 0.5) is 5.82 Å². The molecule has 0 aliphatic heterocycles. The highest BCUT2D eigenvalue weighted by molar-refractivity contribution is 6.28. The number of fused-ring (bicyclic) bond motifs is 2. The zero-order valence-corrected chi connectivity index (χ0v) is 15.8. The van der Waals surface area contributed by atoms with Crippen molar-refractivity contribution in [2.75, 3.05) is 11.9 Å². The fraction of sp³-hybridized carbons (Fsp3) is 0.722. The summed E-state index contributed by atoms with van der Waals surface area (Å²) in [6.07, 6.45) is 3.81. The molecule has 3 saturated carbocycles. The van der Waals surface area contributed by atoms with Crippen LogP contribution in [0.3, 0.4) is 0 Å². The topological polar surface area (TPSA) is 116 Å². The normalized spacial score (nSPS) is 36.0. The average Bonchev–Trinajstić information content (AvgIpc) is 3.56. The maximum atomic E-state index is 10.6.